The van der Waals surface area contributed by atoms with Gasteiger partial charge in [0.1, 0.15) is 5.75 Å². The molecule has 2 aromatic carbocycles. The molecule has 0 fully saturated rings. The predicted octanol–water partition coefficient (Wildman–Crippen LogP) is 6.35. The fourth-order valence-corrected chi connectivity index (χ4v) is 10.5. The lowest BCUT2D eigenvalue weighted by molar-refractivity contribution is 0.414. The Balaban J connectivity index is 2.74. The Kier molecular flexibility index (Phi) is 6.88. The van der Waals surface area contributed by atoms with Crippen LogP contribution in [0.15, 0.2) is 66.8 Å². The Morgan fingerprint density at radius 1 is 0.920 bits per heavy atom. The highest BCUT2D eigenvalue weighted by molar-refractivity contribution is 9.10. The van der Waals surface area contributed by atoms with Gasteiger partial charge >= 0.3 is 0 Å². The van der Waals surface area contributed by atoms with E-state index in [0.29, 0.717) is 0 Å². The molecule has 0 bridgehead atoms. The molecule has 0 saturated heterocycles. The van der Waals surface area contributed by atoms with Crippen LogP contribution in [0, 0.1) is 0 Å². The summed E-state index contributed by atoms with van der Waals surface area (Å²) < 4.78 is 25.6. The second kappa shape index (κ2) is 8.51. The van der Waals surface area contributed by atoms with Crippen molar-refractivity contribution in [1.29, 1.82) is 0 Å². The molecule has 0 heterocycles. The molecule has 0 aliphatic rings. The lowest BCUT2D eigenvalue weighted by atomic mass is 10.3. The van der Waals surface area contributed by atoms with Gasteiger partial charge in [0.2, 0.25) is 0 Å². The van der Waals surface area contributed by atoms with Crippen molar-refractivity contribution >= 4 is 33.9 Å². The molecule has 0 radical (unpaired) electrons. The second-order valence-corrected chi connectivity index (χ2v) is 14.2. The highest BCUT2D eigenvalue weighted by Crippen LogP contribution is 2.32. The summed E-state index contributed by atoms with van der Waals surface area (Å²) in [5.41, 5.74) is 0. The minimum atomic E-state index is -2.67. The van der Waals surface area contributed by atoms with Crippen LogP contribution in [0.1, 0.15) is 20.8 Å². The number of rotatable bonds is 7. The zero-order valence-corrected chi connectivity index (χ0v) is 18.7. The van der Waals surface area contributed by atoms with Crippen molar-refractivity contribution in [3.8, 4) is 5.75 Å². The number of halogens is 1. The average molecular weight is 440 g/mol. The molecular formula is C19H26BrNO2SSi. The molecule has 6 heteroatoms. The molecule has 1 atom stereocenters. The summed E-state index contributed by atoms with van der Waals surface area (Å²) in [5, 5.41) is 0. The van der Waals surface area contributed by atoms with E-state index in [4.69, 9.17) is 8.77 Å². The van der Waals surface area contributed by atoms with Crippen molar-refractivity contribution in [1.82, 2.24) is 0 Å². The third-order valence-electron chi connectivity index (χ3n) is 4.81. The number of nitrogens with zero attached hydrogens (tertiary/aromatic N) is 1. The standard InChI is InChI=1S/C19H26BrNO2SSi/c1-5-25(6-2,7-3)21-24(22,18-12-8-16(20)9-13-18)19-14-10-17(23-4)11-15-19/h8-15H,5-7H2,1-4H3. The summed E-state index contributed by atoms with van der Waals surface area (Å²) in [5.74, 6) is 0.756. The van der Waals surface area contributed by atoms with Gasteiger partial charge in [-0.05, 0) is 66.7 Å². The lowest BCUT2D eigenvalue weighted by Crippen LogP contribution is -2.30. The van der Waals surface area contributed by atoms with Crippen LogP contribution in [-0.4, -0.2) is 19.6 Å². The molecule has 1 unspecified atom stereocenters. The Morgan fingerprint density at radius 2 is 1.36 bits per heavy atom. The molecule has 0 saturated carbocycles. The van der Waals surface area contributed by atoms with Gasteiger partial charge in [-0.3, -0.25) is 4.03 Å². The van der Waals surface area contributed by atoms with Gasteiger partial charge in [0.15, 0.2) is 8.24 Å². The van der Waals surface area contributed by atoms with Gasteiger partial charge in [-0.2, -0.15) is 0 Å². The summed E-state index contributed by atoms with van der Waals surface area (Å²) in [6, 6.07) is 18.2. The van der Waals surface area contributed by atoms with Crippen LogP contribution < -0.4 is 4.74 Å². The Morgan fingerprint density at radius 3 is 1.76 bits per heavy atom. The minimum absolute atomic E-state index is 0.753. The van der Waals surface area contributed by atoms with Crippen LogP contribution in [-0.2, 0) is 9.73 Å². The van der Waals surface area contributed by atoms with Gasteiger partial charge in [0, 0.05) is 4.47 Å². The van der Waals surface area contributed by atoms with Gasteiger partial charge < -0.3 is 4.74 Å². The molecule has 2 aromatic rings. The topological polar surface area (TPSA) is 38.7 Å². The summed E-state index contributed by atoms with van der Waals surface area (Å²) in [6.45, 7) is 6.54. The summed E-state index contributed by atoms with van der Waals surface area (Å²) in [6.07, 6.45) is 0. The van der Waals surface area contributed by atoms with Crippen LogP contribution in [0.4, 0.5) is 0 Å². The van der Waals surface area contributed by atoms with Crippen molar-refractivity contribution < 1.29 is 8.95 Å². The van der Waals surface area contributed by atoms with Crippen LogP contribution in [0.3, 0.4) is 0 Å². The fraction of sp³-hybridized carbons (Fsp3) is 0.368. The maximum atomic E-state index is 14.2. The summed E-state index contributed by atoms with van der Waals surface area (Å²) in [4.78, 5) is 1.52. The van der Waals surface area contributed by atoms with Gasteiger partial charge in [0.05, 0.1) is 26.6 Å². The molecule has 25 heavy (non-hydrogen) atoms. The Labute approximate surface area is 161 Å². The third kappa shape index (κ3) is 4.35. The smallest absolute Gasteiger partial charge is 0.193 e. The Bertz CT molecular complexity index is 800. The van der Waals surface area contributed by atoms with Gasteiger partial charge in [0.25, 0.3) is 0 Å². The van der Waals surface area contributed by atoms with Crippen LogP contribution >= 0.6 is 15.9 Å². The van der Waals surface area contributed by atoms with Gasteiger partial charge in [-0.15, -0.1) is 0 Å². The van der Waals surface area contributed by atoms with Crippen molar-refractivity contribution in [3.63, 3.8) is 0 Å². The highest BCUT2D eigenvalue weighted by atomic mass is 79.9. The van der Waals surface area contributed by atoms with Crippen LogP contribution in [0.2, 0.25) is 18.1 Å². The molecule has 136 valence electrons. The van der Waals surface area contributed by atoms with E-state index in [1.165, 1.54) is 0 Å². The van der Waals surface area contributed by atoms with Crippen molar-refractivity contribution in [2.75, 3.05) is 7.11 Å². The van der Waals surface area contributed by atoms with Crippen molar-refractivity contribution in [2.24, 2.45) is 4.03 Å². The van der Waals surface area contributed by atoms with E-state index in [1.807, 2.05) is 48.5 Å². The lowest BCUT2D eigenvalue weighted by Gasteiger charge is -2.25. The first-order valence-electron chi connectivity index (χ1n) is 8.61. The molecule has 0 aliphatic carbocycles. The number of benzene rings is 2. The molecule has 0 N–H and O–H groups in total. The second-order valence-electron chi connectivity index (χ2n) is 6.03. The van der Waals surface area contributed by atoms with E-state index >= 15 is 0 Å². The van der Waals surface area contributed by atoms with Gasteiger partial charge in [-0.25, -0.2) is 4.21 Å². The molecule has 0 aliphatic heterocycles. The monoisotopic (exact) mass is 439 g/mol. The van der Waals surface area contributed by atoms with E-state index in [2.05, 4.69) is 36.7 Å². The number of ether oxygens (including phenoxy) is 1. The van der Waals surface area contributed by atoms with E-state index in [1.54, 1.807) is 7.11 Å². The first kappa shape index (κ1) is 20.2. The maximum Gasteiger partial charge on any atom is 0.193 e. The predicted molar refractivity (Wildman–Crippen MR) is 111 cm³/mol. The summed E-state index contributed by atoms with van der Waals surface area (Å²) in [7, 11) is -2.99. The van der Waals surface area contributed by atoms with E-state index in [-0.39, 0.29) is 0 Å². The first-order chi connectivity index (χ1) is 11.9. The molecule has 2 rings (SSSR count). The van der Waals surface area contributed by atoms with Crippen LogP contribution in [0.5, 0.6) is 5.75 Å². The number of hydrogen-bond acceptors (Lipinski definition) is 3. The van der Waals surface area contributed by atoms with Crippen molar-refractivity contribution in [2.45, 2.75) is 48.7 Å². The molecule has 0 amide bonds. The van der Waals surface area contributed by atoms with E-state index < -0.39 is 18.0 Å². The van der Waals surface area contributed by atoms with Crippen molar-refractivity contribution in [3.05, 3.63) is 53.0 Å². The third-order valence-corrected chi connectivity index (χ3v) is 13.7. The quantitative estimate of drug-likeness (QED) is 0.471. The zero-order chi connectivity index (χ0) is 18.5. The van der Waals surface area contributed by atoms with E-state index in [0.717, 1.165) is 38.1 Å². The number of hydrogen-bond donors (Lipinski definition) is 0. The molecular weight excluding hydrogens is 414 g/mol. The normalized spacial score (nSPS) is 14.0. The molecule has 0 aromatic heterocycles. The minimum Gasteiger partial charge on any atom is -0.497 e. The van der Waals surface area contributed by atoms with Gasteiger partial charge in [-0.1, -0.05) is 36.7 Å². The van der Waals surface area contributed by atoms with Crippen LogP contribution in [0.25, 0.3) is 0 Å². The number of methoxy groups -OCH3 is 1. The zero-order valence-electron chi connectivity index (χ0n) is 15.3. The SMILES string of the molecule is CC[Si](CC)(CC)N=S(=O)(c1ccc(Br)cc1)c1ccc(OC)cc1. The summed E-state index contributed by atoms with van der Waals surface area (Å²) >= 11 is 3.46. The first-order valence-corrected chi connectivity index (χ1v) is 13.5. The Hall–Kier alpha value is -1.11. The maximum absolute atomic E-state index is 14.2. The highest BCUT2D eigenvalue weighted by Gasteiger charge is 2.31. The largest absolute Gasteiger partial charge is 0.497 e. The van der Waals surface area contributed by atoms with E-state index in [9.17, 15) is 4.21 Å². The molecule has 3 nitrogen and oxygen atoms in total. The average Bonchev–Trinajstić information content (AvgIpc) is 2.66. The molecule has 0 spiro atoms. The fourth-order valence-electron chi connectivity index (χ4n) is 2.84.